The smallest absolute Gasteiger partial charge is 0.170 e. The first kappa shape index (κ1) is 19.2. The van der Waals surface area contributed by atoms with E-state index in [-0.39, 0.29) is 12.1 Å². The van der Waals surface area contributed by atoms with Crippen molar-refractivity contribution in [2.24, 2.45) is 0 Å². The third-order valence-electron chi connectivity index (χ3n) is 4.80. The van der Waals surface area contributed by atoms with Gasteiger partial charge in [-0.25, -0.2) is 0 Å². The highest BCUT2D eigenvalue weighted by molar-refractivity contribution is 7.80. The van der Waals surface area contributed by atoms with E-state index in [9.17, 15) is 0 Å². The highest BCUT2D eigenvalue weighted by Gasteiger charge is 2.41. The molecule has 0 bridgehead atoms. The first-order valence-corrected chi connectivity index (χ1v) is 10.3. The summed E-state index contributed by atoms with van der Waals surface area (Å²) in [6, 6.07) is 15.1. The fourth-order valence-corrected chi connectivity index (χ4v) is 4.27. The van der Waals surface area contributed by atoms with Gasteiger partial charge in [-0.3, -0.25) is 4.98 Å². The largest absolute Gasteiger partial charge is 0.459 e. The van der Waals surface area contributed by atoms with Crippen molar-refractivity contribution in [2.45, 2.75) is 25.4 Å². The zero-order chi connectivity index (χ0) is 19.7. The summed E-state index contributed by atoms with van der Waals surface area (Å²) in [5.74, 6) is 1.49. The predicted octanol–water partition coefficient (Wildman–Crippen LogP) is 6.03. The van der Waals surface area contributed by atoms with Crippen molar-refractivity contribution in [3.05, 3.63) is 76.2 Å². The molecule has 28 heavy (non-hydrogen) atoms. The van der Waals surface area contributed by atoms with Gasteiger partial charge in [0.05, 0.1) is 21.8 Å². The van der Waals surface area contributed by atoms with Crippen LogP contribution in [-0.4, -0.2) is 21.5 Å². The summed E-state index contributed by atoms with van der Waals surface area (Å²) in [6.45, 7) is 2.96. The van der Waals surface area contributed by atoms with Crippen LogP contribution in [0.2, 0.25) is 10.0 Å². The number of halogens is 2. The van der Waals surface area contributed by atoms with Gasteiger partial charge >= 0.3 is 0 Å². The molecule has 1 aliphatic rings. The van der Waals surface area contributed by atoms with Crippen LogP contribution in [0.4, 0.5) is 0 Å². The van der Waals surface area contributed by atoms with Crippen LogP contribution >= 0.6 is 35.4 Å². The minimum Gasteiger partial charge on any atom is -0.459 e. The first-order chi connectivity index (χ1) is 13.6. The Morgan fingerprint density at radius 2 is 2.00 bits per heavy atom. The summed E-state index contributed by atoms with van der Waals surface area (Å²) in [5, 5.41) is 5.10. The van der Waals surface area contributed by atoms with Crippen molar-refractivity contribution in [3.63, 3.8) is 0 Å². The third-order valence-corrected chi connectivity index (χ3v) is 5.97. The standard InChI is InChI=1S/C21H19Cl2N3OS/c1-2-12-26-20(19(25-21(26)28)15-8-3-4-11-24-15)17-10-9-16(27-17)13-6-5-7-14(22)18(13)23/h3-11,19-20H,2,12H2,1H3,(H,25,28)/t19-,20-/m0/s1. The van der Waals surface area contributed by atoms with E-state index in [1.165, 1.54) is 0 Å². The fourth-order valence-electron chi connectivity index (χ4n) is 3.55. The Bertz CT molecular complexity index is 992. The van der Waals surface area contributed by atoms with Crippen LogP contribution in [0.3, 0.4) is 0 Å². The Balaban J connectivity index is 1.75. The van der Waals surface area contributed by atoms with Crippen LogP contribution in [0.25, 0.3) is 11.3 Å². The SMILES string of the molecule is CCCN1C(=S)N[C@@H](c2ccccn2)[C@@H]1c1ccc(-c2cccc(Cl)c2Cl)o1. The number of pyridine rings is 1. The minimum atomic E-state index is -0.0888. The van der Waals surface area contributed by atoms with Crippen molar-refractivity contribution in [2.75, 3.05) is 6.54 Å². The van der Waals surface area contributed by atoms with Gasteiger partial charge in [-0.1, -0.05) is 42.3 Å². The second-order valence-corrected chi connectivity index (χ2v) is 7.80. The molecule has 0 radical (unpaired) electrons. The van der Waals surface area contributed by atoms with Crippen molar-refractivity contribution in [1.82, 2.24) is 15.2 Å². The molecule has 7 heteroatoms. The van der Waals surface area contributed by atoms with Gasteiger partial charge in [-0.15, -0.1) is 0 Å². The molecule has 1 saturated heterocycles. The third kappa shape index (κ3) is 3.50. The molecule has 2 atom stereocenters. The lowest BCUT2D eigenvalue weighted by Gasteiger charge is -2.25. The van der Waals surface area contributed by atoms with Crippen LogP contribution in [0.15, 0.2) is 59.1 Å². The van der Waals surface area contributed by atoms with Gasteiger partial charge in [0.1, 0.15) is 17.6 Å². The highest BCUT2D eigenvalue weighted by Crippen LogP contribution is 2.41. The maximum absolute atomic E-state index is 6.38. The number of hydrogen-bond acceptors (Lipinski definition) is 3. The summed E-state index contributed by atoms with van der Waals surface area (Å²) >= 11 is 18.1. The molecule has 0 amide bonds. The highest BCUT2D eigenvalue weighted by atomic mass is 35.5. The van der Waals surface area contributed by atoms with E-state index >= 15 is 0 Å². The van der Waals surface area contributed by atoms with E-state index in [0.29, 0.717) is 20.9 Å². The second kappa shape index (κ2) is 8.11. The van der Waals surface area contributed by atoms with Gasteiger partial charge in [-0.05, 0) is 55.0 Å². The molecule has 4 rings (SSSR count). The van der Waals surface area contributed by atoms with Crippen molar-refractivity contribution in [3.8, 4) is 11.3 Å². The van der Waals surface area contributed by atoms with Crippen LogP contribution < -0.4 is 5.32 Å². The molecule has 4 nitrogen and oxygen atoms in total. The Morgan fingerprint density at radius 3 is 2.75 bits per heavy atom. The van der Waals surface area contributed by atoms with E-state index in [1.807, 2.05) is 42.5 Å². The molecule has 0 unspecified atom stereocenters. The first-order valence-electron chi connectivity index (χ1n) is 9.12. The number of aromatic nitrogens is 1. The predicted molar refractivity (Wildman–Crippen MR) is 117 cm³/mol. The molecule has 1 aliphatic heterocycles. The summed E-state index contributed by atoms with van der Waals surface area (Å²) in [7, 11) is 0. The number of nitrogens with zero attached hydrogens (tertiary/aromatic N) is 2. The van der Waals surface area contributed by atoms with Gasteiger partial charge in [-0.2, -0.15) is 0 Å². The number of furan rings is 1. The quantitative estimate of drug-likeness (QED) is 0.499. The van der Waals surface area contributed by atoms with Crippen LogP contribution in [0, 0.1) is 0 Å². The molecule has 1 N–H and O–H groups in total. The van der Waals surface area contributed by atoms with E-state index < -0.39 is 0 Å². The number of thiocarbonyl (C=S) groups is 1. The molecule has 3 aromatic rings. The Morgan fingerprint density at radius 1 is 1.14 bits per heavy atom. The zero-order valence-electron chi connectivity index (χ0n) is 15.2. The fraction of sp³-hybridized carbons (Fsp3) is 0.238. The lowest BCUT2D eigenvalue weighted by Crippen LogP contribution is -2.30. The average Bonchev–Trinajstić information content (AvgIpc) is 3.30. The normalized spacial score (nSPS) is 19.1. The van der Waals surface area contributed by atoms with Gasteiger partial charge in [0.15, 0.2) is 5.11 Å². The lowest BCUT2D eigenvalue weighted by atomic mass is 10.0. The van der Waals surface area contributed by atoms with E-state index in [2.05, 4.69) is 22.1 Å². The number of nitrogens with one attached hydrogen (secondary N) is 1. The molecule has 1 fully saturated rings. The van der Waals surface area contributed by atoms with Crippen LogP contribution in [0.1, 0.15) is 36.9 Å². The molecule has 0 spiro atoms. The molecule has 1 aromatic carbocycles. The monoisotopic (exact) mass is 431 g/mol. The Labute approximate surface area is 179 Å². The Hall–Kier alpha value is -2.08. The Kier molecular flexibility index (Phi) is 5.58. The van der Waals surface area contributed by atoms with Crippen molar-refractivity contribution in [1.29, 1.82) is 0 Å². The maximum atomic E-state index is 6.38. The molecule has 3 heterocycles. The van der Waals surface area contributed by atoms with E-state index in [4.69, 9.17) is 39.8 Å². The number of benzene rings is 1. The molecule has 2 aromatic heterocycles. The lowest BCUT2D eigenvalue weighted by molar-refractivity contribution is 0.275. The summed E-state index contributed by atoms with van der Waals surface area (Å²) in [5.41, 5.74) is 1.69. The second-order valence-electron chi connectivity index (χ2n) is 6.62. The van der Waals surface area contributed by atoms with Crippen molar-refractivity contribution < 1.29 is 4.42 Å². The topological polar surface area (TPSA) is 41.3 Å². The molecular formula is C21H19Cl2N3OS. The van der Waals surface area contributed by atoms with Gasteiger partial charge in [0.25, 0.3) is 0 Å². The minimum absolute atomic E-state index is 0.0888. The molecule has 0 aliphatic carbocycles. The van der Waals surface area contributed by atoms with Crippen LogP contribution in [-0.2, 0) is 0 Å². The summed E-state index contributed by atoms with van der Waals surface area (Å²) < 4.78 is 6.25. The molecular weight excluding hydrogens is 413 g/mol. The average molecular weight is 432 g/mol. The van der Waals surface area contributed by atoms with Gasteiger partial charge in [0, 0.05) is 18.3 Å². The van der Waals surface area contributed by atoms with Crippen LogP contribution in [0.5, 0.6) is 0 Å². The van der Waals surface area contributed by atoms with Gasteiger partial charge < -0.3 is 14.6 Å². The van der Waals surface area contributed by atoms with E-state index in [1.54, 1.807) is 12.3 Å². The van der Waals surface area contributed by atoms with Gasteiger partial charge in [0.2, 0.25) is 0 Å². The maximum Gasteiger partial charge on any atom is 0.170 e. The number of rotatable bonds is 5. The molecule has 144 valence electrons. The summed E-state index contributed by atoms with van der Waals surface area (Å²) in [6.07, 6.45) is 2.76. The van der Waals surface area contributed by atoms with Crippen molar-refractivity contribution >= 4 is 40.5 Å². The van der Waals surface area contributed by atoms with E-state index in [0.717, 1.165) is 30.0 Å². The number of hydrogen-bond donors (Lipinski definition) is 1. The molecule has 0 saturated carbocycles. The summed E-state index contributed by atoms with van der Waals surface area (Å²) in [4.78, 5) is 6.69. The zero-order valence-corrected chi connectivity index (χ0v) is 17.6.